The van der Waals surface area contributed by atoms with Crippen LogP contribution in [0.2, 0.25) is 0 Å². The number of benzene rings is 2. The Morgan fingerprint density at radius 1 is 1.24 bits per heavy atom. The lowest BCUT2D eigenvalue weighted by molar-refractivity contribution is -0.117. The standard InChI is InChI=1S/C19H18N4OS/c24-18(23-13-5-7-14-6-1-3-9-16(14)23)11-12-20-22-19-21-15-8-2-4-10-17(15)25-19/h1-4,6,8-10,12H,5,7,11,13H2,(H,21,22)/b20-12-. The number of para-hydroxylation sites is 2. The summed E-state index contributed by atoms with van der Waals surface area (Å²) < 4.78 is 1.11. The highest BCUT2D eigenvalue weighted by Gasteiger charge is 2.21. The highest BCUT2D eigenvalue weighted by Crippen LogP contribution is 2.27. The van der Waals surface area contributed by atoms with Crippen LogP contribution >= 0.6 is 11.3 Å². The molecule has 1 aliphatic rings. The van der Waals surface area contributed by atoms with Crippen LogP contribution in [0.3, 0.4) is 0 Å². The number of carbonyl (C=O) groups excluding carboxylic acids is 1. The van der Waals surface area contributed by atoms with Crippen molar-refractivity contribution in [1.29, 1.82) is 0 Å². The molecule has 1 amide bonds. The number of rotatable bonds is 4. The highest BCUT2D eigenvalue weighted by molar-refractivity contribution is 7.22. The van der Waals surface area contributed by atoms with Crippen LogP contribution in [0.4, 0.5) is 10.8 Å². The van der Waals surface area contributed by atoms with Gasteiger partial charge < -0.3 is 4.90 Å². The number of aryl methyl sites for hydroxylation is 1. The van der Waals surface area contributed by atoms with Crippen molar-refractivity contribution >= 4 is 44.5 Å². The SMILES string of the molecule is O=C(C/C=N\Nc1nc2ccccc2s1)N1CCCc2ccccc21. The fourth-order valence-corrected chi connectivity index (χ4v) is 3.86. The van der Waals surface area contributed by atoms with Crippen molar-refractivity contribution in [3.05, 3.63) is 54.1 Å². The van der Waals surface area contributed by atoms with Crippen LogP contribution in [-0.2, 0) is 11.2 Å². The number of aromatic nitrogens is 1. The number of anilines is 2. The van der Waals surface area contributed by atoms with E-state index in [9.17, 15) is 4.79 Å². The van der Waals surface area contributed by atoms with Crippen molar-refractivity contribution in [3.63, 3.8) is 0 Å². The Morgan fingerprint density at radius 2 is 2.08 bits per heavy atom. The van der Waals surface area contributed by atoms with Gasteiger partial charge in [-0.15, -0.1) is 0 Å². The molecule has 1 aromatic heterocycles. The maximum atomic E-state index is 12.5. The van der Waals surface area contributed by atoms with Gasteiger partial charge in [-0.25, -0.2) is 4.98 Å². The number of nitrogens with one attached hydrogen (secondary N) is 1. The number of hydrogen-bond acceptors (Lipinski definition) is 5. The van der Waals surface area contributed by atoms with Gasteiger partial charge in [-0.2, -0.15) is 5.10 Å². The number of hydrogen-bond donors (Lipinski definition) is 1. The van der Waals surface area contributed by atoms with Crippen molar-refractivity contribution in [2.45, 2.75) is 19.3 Å². The topological polar surface area (TPSA) is 57.6 Å². The second-order valence-electron chi connectivity index (χ2n) is 5.89. The summed E-state index contributed by atoms with van der Waals surface area (Å²) in [4.78, 5) is 18.8. The van der Waals surface area contributed by atoms with Gasteiger partial charge >= 0.3 is 0 Å². The van der Waals surface area contributed by atoms with Gasteiger partial charge in [0.15, 0.2) is 0 Å². The Hall–Kier alpha value is -2.73. The monoisotopic (exact) mass is 350 g/mol. The van der Waals surface area contributed by atoms with Gasteiger partial charge in [-0.3, -0.25) is 10.2 Å². The molecule has 0 bridgehead atoms. The Labute approximate surface area is 150 Å². The molecule has 0 spiro atoms. The molecule has 0 radical (unpaired) electrons. The van der Waals surface area contributed by atoms with E-state index in [-0.39, 0.29) is 12.3 Å². The summed E-state index contributed by atoms with van der Waals surface area (Å²) in [7, 11) is 0. The third kappa shape index (κ3) is 3.39. The molecule has 0 aliphatic carbocycles. The van der Waals surface area contributed by atoms with E-state index in [1.165, 1.54) is 5.56 Å². The molecule has 0 saturated carbocycles. The van der Waals surface area contributed by atoms with E-state index in [4.69, 9.17) is 0 Å². The van der Waals surface area contributed by atoms with E-state index in [0.717, 1.165) is 40.4 Å². The lowest BCUT2D eigenvalue weighted by Crippen LogP contribution is -2.35. The van der Waals surface area contributed by atoms with Crippen LogP contribution in [0, 0.1) is 0 Å². The van der Waals surface area contributed by atoms with Crippen LogP contribution < -0.4 is 10.3 Å². The summed E-state index contributed by atoms with van der Waals surface area (Å²) in [5.41, 5.74) is 6.14. The molecule has 0 fully saturated rings. The molecule has 5 nitrogen and oxygen atoms in total. The molecule has 6 heteroatoms. The van der Waals surface area contributed by atoms with Gasteiger partial charge in [0.2, 0.25) is 11.0 Å². The first kappa shape index (κ1) is 15.8. The third-order valence-corrected chi connectivity index (χ3v) is 5.16. The largest absolute Gasteiger partial charge is 0.312 e. The third-order valence-electron chi connectivity index (χ3n) is 4.22. The molecule has 0 atom stereocenters. The minimum Gasteiger partial charge on any atom is -0.312 e. The Morgan fingerprint density at radius 3 is 3.00 bits per heavy atom. The first-order chi connectivity index (χ1) is 12.3. The number of nitrogens with zero attached hydrogens (tertiary/aromatic N) is 3. The molecule has 3 aromatic rings. The summed E-state index contributed by atoms with van der Waals surface area (Å²) >= 11 is 1.54. The molecular weight excluding hydrogens is 332 g/mol. The van der Waals surface area contributed by atoms with E-state index in [1.807, 2.05) is 47.4 Å². The second-order valence-corrected chi connectivity index (χ2v) is 6.92. The van der Waals surface area contributed by atoms with Crippen molar-refractivity contribution in [2.75, 3.05) is 16.9 Å². The summed E-state index contributed by atoms with van der Waals surface area (Å²) in [6.45, 7) is 0.773. The van der Waals surface area contributed by atoms with E-state index < -0.39 is 0 Å². The first-order valence-electron chi connectivity index (χ1n) is 8.32. The number of carbonyl (C=O) groups is 1. The zero-order valence-corrected chi connectivity index (χ0v) is 14.5. The van der Waals surface area contributed by atoms with Crippen LogP contribution in [-0.4, -0.2) is 23.7 Å². The van der Waals surface area contributed by atoms with Gasteiger partial charge in [0.25, 0.3) is 0 Å². The summed E-state index contributed by atoms with van der Waals surface area (Å²) in [5.74, 6) is 0.0713. The van der Waals surface area contributed by atoms with Gasteiger partial charge in [0.05, 0.1) is 16.6 Å². The van der Waals surface area contributed by atoms with Crippen molar-refractivity contribution in [2.24, 2.45) is 5.10 Å². The van der Waals surface area contributed by atoms with Gasteiger partial charge in [-0.05, 0) is 36.6 Å². The number of amides is 1. The van der Waals surface area contributed by atoms with E-state index in [0.29, 0.717) is 0 Å². The Bertz CT molecular complexity index is 901. The van der Waals surface area contributed by atoms with Crippen molar-refractivity contribution in [1.82, 2.24) is 4.98 Å². The van der Waals surface area contributed by atoms with E-state index in [1.54, 1.807) is 17.6 Å². The van der Waals surface area contributed by atoms with E-state index in [2.05, 4.69) is 21.6 Å². The maximum Gasteiger partial charge on any atom is 0.232 e. The van der Waals surface area contributed by atoms with Gasteiger partial charge in [-0.1, -0.05) is 41.7 Å². The smallest absolute Gasteiger partial charge is 0.232 e. The van der Waals surface area contributed by atoms with Crippen LogP contribution in [0.25, 0.3) is 10.2 Å². The Balaban J connectivity index is 1.38. The minimum atomic E-state index is 0.0713. The van der Waals surface area contributed by atoms with Crippen LogP contribution in [0.5, 0.6) is 0 Å². The molecule has 0 saturated heterocycles. The molecule has 2 heterocycles. The molecule has 4 rings (SSSR count). The number of hydrazone groups is 1. The van der Waals surface area contributed by atoms with Crippen LogP contribution in [0.1, 0.15) is 18.4 Å². The maximum absolute atomic E-state index is 12.5. The summed E-state index contributed by atoms with van der Waals surface area (Å²) in [5, 5.41) is 4.88. The predicted molar refractivity (Wildman–Crippen MR) is 103 cm³/mol. The lowest BCUT2D eigenvalue weighted by Gasteiger charge is -2.29. The first-order valence-corrected chi connectivity index (χ1v) is 9.14. The number of thiazole rings is 1. The fourth-order valence-electron chi connectivity index (χ4n) is 3.05. The van der Waals surface area contributed by atoms with Crippen molar-refractivity contribution in [3.8, 4) is 0 Å². The lowest BCUT2D eigenvalue weighted by atomic mass is 10.0. The molecule has 126 valence electrons. The zero-order chi connectivity index (χ0) is 17.1. The van der Waals surface area contributed by atoms with Crippen LogP contribution in [0.15, 0.2) is 53.6 Å². The average Bonchev–Trinajstić information content (AvgIpc) is 3.07. The highest BCUT2D eigenvalue weighted by atomic mass is 32.1. The summed E-state index contributed by atoms with van der Waals surface area (Å²) in [6, 6.07) is 16.1. The van der Waals surface area contributed by atoms with Crippen molar-refractivity contribution < 1.29 is 4.79 Å². The molecule has 2 aromatic carbocycles. The molecule has 1 aliphatic heterocycles. The second kappa shape index (κ2) is 7.03. The normalized spacial score (nSPS) is 14.0. The molecule has 0 unspecified atom stereocenters. The quantitative estimate of drug-likeness (QED) is 0.570. The van der Waals surface area contributed by atoms with E-state index >= 15 is 0 Å². The summed E-state index contributed by atoms with van der Waals surface area (Å²) in [6.07, 6.45) is 3.93. The zero-order valence-electron chi connectivity index (χ0n) is 13.7. The van der Waals surface area contributed by atoms with Gasteiger partial charge in [0, 0.05) is 18.4 Å². The number of fused-ring (bicyclic) bond motifs is 2. The molecule has 25 heavy (non-hydrogen) atoms. The average molecular weight is 350 g/mol. The van der Waals surface area contributed by atoms with Gasteiger partial charge in [0.1, 0.15) is 0 Å². The molecular formula is C19H18N4OS. The predicted octanol–water partition coefficient (Wildman–Crippen LogP) is 4.06. The minimum absolute atomic E-state index is 0.0713. The Kier molecular flexibility index (Phi) is 4.43. The molecule has 1 N–H and O–H groups in total. The fraction of sp³-hybridized carbons (Fsp3) is 0.211.